The Bertz CT molecular complexity index is 450. The van der Waals surface area contributed by atoms with Gasteiger partial charge in [0, 0.05) is 5.69 Å². The highest BCUT2D eigenvalue weighted by molar-refractivity contribution is 6.27. The van der Waals surface area contributed by atoms with Crippen molar-refractivity contribution >= 4 is 40.8 Å². The van der Waals surface area contributed by atoms with Gasteiger partial charge in [-0.1, -0.05) is 17.7 Å². The number of alkyl halides is 2. The number of aromatic carboxylic acids is 1. The third kappa shape index (κ3) is 3.25. The zero-order valence-corrected chi connectivity index (χ0v) is 10.0. The fourth-order valence-electron chi connectivity index (χ4n) is 1.19. The summed E-state index contributed by atoms with van der Waals surface area (Å²) >= 11 is 10.9. The Morgan fingerprint density at radius 1 is 1.47 bits per heavy atom. The number of rotatable bonds is 4. The average molecular weight is 278 g/mol. The number of carboxylic acids is 1. The lowest BCUT2D eigenvalue weighted by Crippen LogP contribution is -2.18. The quantitative estimate of drug-likeness (QED) is 0.499. The highest BCUT2D eigenvalue weighted by atomic mass is 35.5. The molecule has 0 saturated carbocycles. The maximum absolute atomic E-state index is 11.6. The zero-order chi connectivity index (χ0) is 13.0. The summed E-state index contributed by atoms with van der Waals surface area (Å²) in [5, 5.41) is 8.94. The summed E-state index contributed by atoms with van der Waals surface area (Å²) in [6, 6.07) is 4.11. The third-order valence-corrected chi connectivity index (χ3v) is 2.57. The van der Waals surface area contributed by atoms with Gasteiger partial charge in [-0.2, -0.15) is 0 Å². The van der Waals surface area contributed by atoms with Crippen molar-refractivity contribution in [1.82, 2.24) is 0 Å². The fourth-order valence-corrected chi connectivity index (χ4v) is 1.33. The Morgan fingerprint density at radius 3 is 2.65 bits per heavy atom. The second-order valence-electron chi connectivity index (χ2n) is 3.04. The largest absolute Gasteiger partial charge is 0.478 e. The minimum absolute atomic E-state index is 0.0241. The Balaban J connectivity index is 3.09. The van der Waals surface area contributed by atoms with Gasteiger partial charge < -0.3 is 15.6 Å². The van der Waals surface area contributed by atoms with E-state index in [-0.39, 0.29) is 22.7 Å². The highest BCUT2D eigenvalue weighted by Gasteiger charge is 2.22. The summed E-state index contributed by atoms with van der Waals surface area (Å²) in [4.78, 5) is 22.6. The number of benzene rings is 1. The van der Waals surface area contributed by atoms with Gasteiger partial charge in [0.25, 0.3) is 0 Å². The normalized spacial score (nSPS) is 11.9. The number of esters is 1. The number of hydrogen-bond acceptors (Lipinski definition) is 4. The highest BCUT2D eigenvalue weighted by Crippen LogP contribution is 2.19. The van der Waals surface area contributed by atoms with Crippen molar-refractivity contribution in [1.29, 1.82) is 0 Å². The molecule has 0 aromatic heterocycles. The first-order valence-electron chi connectivity index (χ1n) is 4.50. The molecule has 1 aromatic carbocycles. The van der Waals surface area contributed by atoms with Crippen LogP contribution in [-0.2, 0) is 4.74 Å². The third-order valence-electron chi connectivity index (χ3n) is 1.89. The van der Waals surface area contributed by atoms with Crippen LogP contribution >= 0.6 is 23.2 Å². The maximum atomic E-state index is 11.6. The number of nitrogen functional groups attached to an aromatic ring is 1. The first-order valence-corrected chi connectivity index (χ1v) is 5.47. The molecule has 0 spiro atoms. The van der Waals surface area contributed by atoms with Crippen molar-refractivity contribution in [3.8, 4) is 0 Å². The summed E-state index contributed by atoms with van der Waals surface area (Å²) in [6.45, 7) is 0. The van der Waals surface area contributed by atoms with Crippen LogP contribution in [0.25, 0.3) is 0 Å². The van der Waals surface area contributed by atoms with Crippen molar-refractivity contribution in [2.24, 2.45) is 0 Å². The lowest BCUT2D eigenvalue weighted by atomic mass is 10.1. The molecular weight excluding hydrogens is 269 g/mol. The number of carbonyl (C=O) groups is 2. The van der Waals surface area contributed by atoms with Crippen molar-refractivity contribution in [3.63, 3.8) is 0 Å². The van der Waals surface area contributed by atoms with E-state index < -0.39 is 17.5 Å². The van der Waals surface area contributed by atoms with E-state index in [4.69, 9.17) is 38.8 Å². The average Bonchev–Trinajstić information content (AvgIpc) is 2.27. The second kappa shape index (κ2) is 5.75. The van der Waals surface area contributed by atoms with E-state index >= 15 is 0 Å². The Morgan fingerprint density at radius 2 is 2.12 bits per heavy atom. The molecule has 0 amide bonds. The molecule has 0 saturated heterocycles. The lowest BCUT2D eigenvalue weighted by Gasteiger charge is -2.10. The number of carboxylic acid groups (broad SMARTS) is 1. The van der Waals surface area contributed by atoms with Crippen LogP contribution in [0.2, 0.25) is 0 Å². The summed E-state index contributed by atoms with van der Waals surface area (Å²) in [7, 11) is 0. The van der Waals surface area contributed by atoms with Gasteiger partial charge in [0.2, 0.25) is 0 Å². The van der Waals surface area contributed by atoms with Crippen molar-refractivity contribution in [2.45, 2.75) is 5.56 Å². The SMILES string of the molecule is Nc1cccc(C(=O)OC(Cl)CCl)c1C(=O)O. The summed E-state index contributed by atoms with van der Waals surface area (Å²) in [6.07, 6.45) is 0. The molecule has 0 aliphatic carbocycles. The van der Waals surface area contributed by atoms with Crippen molar-refractivity contribution < 1.29 is 19.4 Å². The number of nitrogens with two attached hydrogens (primary N) is 1. The van der Waals surface area contributed by atoms with E-state index in [1.807, 2.05) is 0 Å². The predicted molar refractivity (Wildman–Crippen MR) is 63.6 cm³/mol. The zero-order valence-electron chi connectivity index (χ0n) is 8.52. The number of carbonyl (C=O) groups excluding carboxylic acids is 1. The summed E-state index contributed by atoms with van der Waals surface area (Å²) in [5.41, 5.74) is 3.96. The van der Waals surface area contributed by atoms with Crippen LogP contribution in [0, 0.1) is 0 Å². The maximum Gasteiger partial charge on any atom is 0.340 e. The van der Waals surface area contributed by atoms with Gasteiger partial charge in [-0.3, -0.25) is 0 Å². The van der Waals surface area contributed by atoms with E-state index in [9.17, 15) is 9.59 Å². The molecule has 7 heteroatoms. The van der Waals surface area contributed by atoms with Gasteiger partial charge in [0.15, 0.2) is 5.56 Å². The molecule has 5 nitrogen and oxygen atoms in total. The smallest absolute Gasteiger partial charge is 0.340 e. The van der Waals surface area contributed by atoms with Gasteiger partial charge in [-0.25, -0.2) is 9.59 Å². The standard InChI is InChI=1S/C10H9Cl2NO4/c11-4-7(12)17-10(16)5-2-1-3-6(13)8(5)9(14)15/h1-3,7H,4,13H2,(H,14,15). The van der Waals surface area contributed by atoms with Crippen LogP contribution in [-0.4, -0.2) is 28.5 Å². The fraction of sp³-hybridized carbons (Fsp3) is 0.200. The van der Waals surface area contributed by atoms with E-state index in [0.717, 1.165) is 0 Å². The molecule has 1 atom stereocenters. The van der Waals surface area contributed by atoms with E-state index in [0.29, 0.717) is 0 Å². The topological polar surface area (TPSA) is 89.6 Å². The summed E-state index contributed by atoms with van der Waals surface area (Å²) < 4.78 is 4.71. The van der Waals surface area contributed by atoms with Crippen LogP contribution in [0.1, 0.15) is 20.7 Å². The molecule has 92 valence electrons. The molecule has 1 aromatic rings. The van der Waals surface area contributed by atoms with Crippen LogP contribution in [0.4, 0.5) is 5.69 Å². The van der Waals surface area contributed by atoms with Crippen molar-refractivity contribution in [2.75, 3.05) is 11.6 Å². The van der Waals surface area contributed by atoms with Gasteiger partial charge in [0.1, 0.15) is 0 Å². The van der Waals surface area contributed by atoms with Crippen LogP contribution in [0.5, 0.6) is 0 Å². The minimum atomic E-state index is -1.31. The molecule has 17 heavy (non-hydrogen) atoms. The van der Waals surface area contributed by atoms with Crippen LogP contribution < -0.4 is 5.73 Å². The lowest BCUT2D eigenvalue weighted by molar-refractivity contribution is 0.0466. The summed E-state index contributed by atoms with van der Waals surface area (Å²) in [5.74, 6) is -2.29. The first kappa shape index (κ1) is 13.6. The molecule has 0 heterocycles. The van der Waals surface area contributed by atoms with Crippen LogP contribution in [0.15, 0.2) is 18.2 Å². The molecule has 1 rings (SSSR count). The van der Waals surface area contributed by atoms with Crippen LogP contribution in [0.3, 0.4) is 0 Å². The molecule has 1 unspecified atom stereocenters. The number of anilines is 1. The van der Waals surface area contributed by atoms with Gasteiger partial charge in [-0.15, -0.1) is 11.6 Å². The van der Waals surface area contributed by atoms with Gasteiger partial charge in [0.05, 0.1) is 17.0 Å². The minimum Gasteiger partial charge on any atom is -0.478 e. The number of halogens is 2. The number of hydrogen-bond donors (Lipinski definition) is 2. The van der Waals surface area contributed by atoms with Gasteiger partial charge >= 0.3 is 11.9 Å². The van der Waals surface area contributed by atoms with E-state index in [1.54, 1.807) is 0 Å². The Kier molecular flexibility index (Phi) is 4.60. The van der Waals surface area contributed by atoms with E-state index in [2.05, 4.69) is 0 Å². The molecular formula is C10H9Cl2NO4. The van der Waals surface area contributed by atoms with Gasteiger partial charge in [-0.05, 0) is 12.1 Å². The monoisotopic (exact) mass is 277 g/mol. The molecule has 3 N–H and O–H groups in total. The molecule has 0 bridgehead atoms. The first-order chi connectivity index (χ1) is 7.97. The molecule has 0 radical (unpaired) electrons. The molecule has 0 aliphatic heterocycles. The molecule has 0 aliphatic rings. The van der Waals surface area contributed by atoms with E-state index in [1.165, 1.54) is 18.2 Å². The Hall–Kier alpha value is -1.46. The second-order valence-corrected chi connectivity index (χ2v) is 3.84. The van der Waals surface area contributed by atoms with Crippen molar-refractivity contribution in [3.05, 3.63) is 29.3 Å². The Labute approximate surface area is 107 Å². The predicted octanol–water partition coefficient (Wildman–Crippen LogP) is 1.93. The molecule has 0 fully saturated rings. The number of ether oxygens (including phenoxy) is 1.